The summed E-state index contributed by atoms with van der Waals surface area (Å²) in [5.41, 5.74) is 0.858. The number of nitrogens with zero attached hydrogens (tertiary/aromatic N) is 1. The number of rotatable bonds is 2. The monoisotopic (exact) mass is 409 g/mol. The molecule has 1 unspecified atom stereocenters. The van der Waals surface area contributed by atoms with Gasteiger partial charge in [-0.25, -0.2) is 0 Å². The molecule has 2 aromatic rings. The van der Waals surface area contributed by atoms with Gasteiger partial charge in [-0.2, -0.15) is 0 Å². The van der Waals surface area contributed by atoms with Gasteiger partial charge in [0.1, 0.15) is 0 Å². The summed E-state index contributed by atoms with van der Waals surface area (Å²) < 4.78 is 1.58. The van der Waals surface area contributed by atoms with Crippen LogP contribution in [0, 0.1) is 0 Å². The Morgan fingerprint density at radius 3 is 2.52 bits per heavy atom. The van der Waals surface area contributed by atoms with Gasteiger partial charge < -0.3 is 10.0 Å². The first-order chi connectivity index (χ1) is 9.91. The number of carbonyl (C=O) groups is 1. The molecular formula is C16H13Br2NO2. The first-order valence-electron chi connectivity index (χ1n) is 6.49. The first kappa shape index (κ1) is 14.8. The van der Waals surface area contributed by atoms with Crippen molar-refractivity contribution in [1.82, 2.24) is 0 Å². The maximum absolute atomic E-state index is 12.6. The summed E-state index contributed by atoms with van der Waals surface area (Å²) in [5, 5.41) is 10.6. The molecule has 0 saturated carbocycles. The predicted molar refractivity (Wildman–Crippen MR) is 89.0 cm³/mol. The van der Waals surface area contributed by atoms with Gasteiger partial charge in [-0.05, 0) is 24.6 Å². The summed E-state index contributed by atoms with van der Waals surface area (Å²) in [6, 6.07) is 13.4. The highest BCUT2D eigenvalue weighted by Crippen LogP contribution is 2.46. The van der Waals surface area contributed by atoms with Crippen LogP contribution in [-0.4, -0.2) is 11.0 Å². The average Bonchev–Trinajstić information content (AvgIpc) is 2.61. The summed E-state index contributed by atoms with van der Waals surface area (Å²) in [6.45, 7) is 1.98. The smallest absolute Gasteiger partial charge is 0.263 e. The third-order valence-electron chi connectivity index (χ3n) is 3.66. The molecule has 0 bridgehead atoms. The molecule has 1 amide bonds. The van der Waals surface area contributed by atoms with Crippen LogP contribution >= 0.6 is 31.9 Å². The molecular weight excluding hydrogens is 398 g/mol. The van der Waals surface area contributed by atoms with E-state index >= 15 is 0 Å². The number of benzene rings is 2. The van der Waals surface area contributed by atoms with E-state index in [1.54, 1.807) is 4.90 Å². The van der Waals surface area contributed by atoms with Crippen molar-refractivity contribution in [1.29, 1.82) is 0 Å². The molecule has 21 heavy (non-hydrogen) atoms. The van der Waals surface area contributed by atoms with E-state index in [1.807, 2.05) is 42.5 Å². The highest BCUT2D eigenvalue weighted by molar-refractivity contribution is 9.11. The minimum atomic E-state index is -1.51. The van der Waals surface area contributed by atoms with Crippen LogP contribution in [0.5, 0.6) is 0 Å². The van der Waals surface area contributed by atoms with Gasteiger partial charge in [-0.3, -0.25) is 4.79 Å². The van der Waals surface area contributed by atoms with E-state index < -0.39 is 5.60 Å². The van der Waals surface area contributed by atoms with Crippen LogP contribution in [0.4, 0.5) is 5.69 Å². The lowest BCUT2D eigenvalue weighted by Crippen LogP contribution is -2.37. The highest BCUT2D eigenvalue weighted by Gasteiger charge is 2.47. The molecule has 0 radical (unpaired) electrons. The summed E-state index contributed by atoms with van der Waals surface area (Å²) >= 11 is 6.88. The fourth-order valence-corrected chi connectivity index (χ4v) is 4.25. The molecule has 0 aromatic heterocycles. The lowest BCUT2D eigenvalue weighted by molar-refractivity contribution is -0.134. The molecule has 1 heterocycles. The zero-order chi connectivity index (χ0) is 15.2. The maximum atomic E-state index is 12.6. The lowest BCUT2D eigenvalue weighted by Gasteiger charge is -2.19. The van der Waals surface area contributed by atoms with Crippen LogP contribution in [0.2, 0.25) is 0 Å². The third kappa shape index (κ3) is 2.43. The second-order valence-electron chi connectivity index (χ2n) is 5.23. The van der Waals surface area contributed by atoms with Crippen molar-refractivity contribution in [3.63, 3.8) is 0 Å². The SMILES string of the molecule is CC1(O)C(=O)N(Cc2ccccc2)c2cc(Br)cc(Br)c21. The van der Waals surface area contributed by atoms with Crippen LogP contribution < -0.4 is 4.90 Å². The molecule has 0 spiro atoms. The average molecular weight is 411 g/mol. The van der Waals surface area contributed by atoms with Crippen molar-refractivity contribution < 1.29 is 9.90 Å². The van der Waals surface area contributed by atoms with Crippen LogP contribution in [0.15, 0.2) is 51.4 Å². The van der Waals surface area contributed by atoms with Gasteiger partial charge in [0, 0.05) is 14.5 Å². The first-order valence-corrected chi connectivity index (χ1v) is 8.07. The maximum Gasteiger partial charge on any atom is 0.263 e. The minimum Gasteiger partial charge on any atom is -0.375 e. The Kier molecular flexibility index (Phi) is 3.67. The molecule has 2 aromatic carbocycles. The summed E-state index contributed by atoms with van der Waals surface area (Å²) in [6.07, 6.45) is 0. The van der Waals surface area contributed by atoms with E-state index in [0.29, 0.717) is 12.1 Å². The van der Waals surface area contributed by atoms with Gasteiger partial charge in [-0.1, -0.05) is 62.2 Å². The standard InChI is InChI=1S/C16H13Br2NO2/c1-16(21)14-12(18)7-11(17)8-13(14)19(15(16)20)9-10-5-3-2-4-6-10/h2-8,21H,9H2,1H3. The molecule has 3 rings (SSSR count). The molecule has 0 aliphatic carbocycles. The number of anilines is 1. The van der Waals surface area contributed by atoms with Gasteiger partial charge in [0.05, 0.1) is 12.2 Å². The van der Waals surface area contributed by atoms with Crippen molar-refractivity contribution >= 4 is 43.5 Å². The Morgan fingerprint density at radius 1 is 1.19 bits per heavy atom. The fraction of sp³-hybridized carbons (Fsp3) is 0.188. The fourth-order valence-electron chi connectivity index (χ4n) is 2.66. The number of aliphatic hydroxyl groups is 1. The summed E-state index contributed by atoms with van der Waals surface area (Å²) in [4.78, 5) is 14.2. The Bertz CT molecular complexity index is 714. The number of halogens is 2. The van der Waals surface area contributed by atoms with Gasteiger partial charge >= 0.3 is 0 Å². The minimum absolute atomic E-state index is 0.305. The van der Waals surface area contributed by atoms with Gasteiger partial charge in [-0.15, -0.1) is 0 Å². The Labute approximate surface area is 139 Å². The Morgan fingerprint density at radius 2 is 1.86 bits per heavy atom. The van der Waals surface area contributed by atoms with E-state index in [4.69, 9.17) is 0 Å². The number of amides is 1. The number of carbonyl (C=O) groups excluding carboxylic acids is 1. The number of fused-ring (bicyclic) bond motifs is 1. The zero-order valence-corrected chi connectivity index (χ0v) is 14.5. The normalized spacial score (nSPS) is 20.8. The summed E-state index contributed by atoms with van der Waals surface area (Å²) in [5.74, 6) is -0.305. The van der Waals surface area contributed by atoms with Crippen molar-refractivity contribution in [2.75, 3.05) is 4.90 Å². The van der Waals surface area contributed by atoms with Crippen molar-refractivity contribution in [3.8, 4) is 0 Å². The molecule has 1 atom stereocenters. The van der Waals surface area contributed by atoms with Crippen LogP contribution in [0.1, 0.15) is 18.1 Å². The van der Waals surface area contributed by atoms with Gasteiger partial charge in [0.15, 0.2) is 5.60 Å². The second-order valence-corrected chi connectivity index (χ2v) is 7.00. The second kappa shape index (κ2) is 5.23. The topological polar surface area (TPSA) is 40.5 Å². The molecule has 5 heteroatoms. The van der Waals surface area contributed by atoms with Gasteiger partial charge in [0.2, 0.25) is 0 Å². The predicted octanol–water partition coefficient (Wildman–Crippen LogP) is 3.97. The Balaban J connectivity index is 2.10. The van der Waals surface area contributed by atoms with E-state index in [-0.39, 0.29) is 5.91 Å². The molecule has 0 fully saturated rings. The van der Waals surface area contributed by atoms with Crippen molar-refractivity contribution in [2.45, 2.75) is 19.1 Å². The number of hydrogen-bond donors (Lipinski definition) is 1. The highest BCUT2D eigenvalue weighted by atomic mass is 79.9. The number of hydrogen-bond acceptors (Lipinski definition) is 2. The van der Waals surface area contributed by atoms with E-state index in [0.717, 1.165) is 20.2 Å². The molecule has 1 aliphatic rings. The molecule has 3 nitrogen and oxygen atoms in total. The molecule has 108 valence electrons. The largest absolute Gasteiger partial charge is 0.375 e. The molecule has 1 N–H and O–H groups in total. The lowest BCUT2D eigenvalue weighted by atomic mass is 9.98. The zero-order valence-electron chi connectivity index (χ0n) is 11.3. The Hall–Kier alpha value is -1.17. The van der Waals surface area contributed by atoms with Crippen molar-refractivity contribution in [3.05, 3.63) is 62.5 Å². The quantitative estimate of drug-likeness (QED) is 0.813. The third-order valence-corrected chi connectivity index (χ3v) is 4.74. The van der Waals surface area contributed by atoms with Crippen LogP contribution in [0.25, 0.3) is 0 Å². The van der Waals surface area contributed by atoms with E-state index in [1.165, 1.54) is 6.92 Å². The van der Waals surface area contributed by atoms with Crippen molar-refractivity contribution in [2.24, 2.45) is 0 Å². The van der Waals surface area contributed by atoms with Crippen LogP contribution in [-0.2, 0) is 16.9 Å². The van der Waals surface area contributed by atoms with E-state index in [9.17, 15) is 9.90 Å². The molecule has 0 saturated heterocycles. The summed E-state index contributed by atoms with van der Waals surface area (Å²) in [7, 11) is 0. The van der Waals surface area contributed by atoms with E-state index in [2.05, 4.69) is 31.9 Å². The molecule has 1 aliphatic heterocycles. The van der Waals surface area contributed by atoms with Crippen LogP contribution in [0.3, 0.4) is 0 Å². The van der Waals surface area contributed by atoms with Gasteiger partial charge in [0.25, 0.3) is 5.91 Å².